The highest BCUT2D eigenvalue weighted by Crippen LogP contribution is 2.32. The van der Waals surface area contributed by atoms with E-state index in [0.29, 0.717) is 18.1 Å². The van der Waals surface area contributed by atoms with Gasteiger partial charge in [0, 0.05) is 38.8 Å². The lowest BCUT2D eigenvalue weighted by molar-refractivity contribution is -0.138. The van der Waals surface area contributed by atoms with E-state index in [2.05, 4.69) is 20.5 Å². The minimum absolute atomic E-state index is 0.00847. The Balaban J connectivity index is 1.56. The molecule has 2 aliphatic rings. The first-order valence-electron chi connectivity index (χ1n) is 9.43. The molecule has 27 heavy (non-hydrogen) atoms. The quantitative estimate of drug-likeness (QED) is 0.473. The standard InChI is InChI=1S/C19H26F4N4/c1-24-18(26-15-8-9-27(12-15)16-4-2-3-5-16)25-11-13-6-7-14(20)10-17(13)19(21,22)23/h6-7,10,15-16H,2-5,8-9,11-12H2,1H3,(H2,24,25,26). The second-order valence-electron chi connectivity index (χ2n) is 7.29. The lowest BCUT2D eigenvalue weighted by Crippen LogP contribution is -2.45. The smallest absolute Gasteiger partial charge is 0.352 e. The summed E-state index contributed by atoms with van der Waals surface area (Å²) in [7, 11) is 1.59. The number of rotatable bonds is 4. The van der Waals surface area contributed by atoms with Gasteiger partial charge in [-0.05, 0) is 37.0 Å². The van der Waals surface area contributed by atoms with Gasteiger partial charge in [-0.2, -0.15) is 13.2 Å². The van der Waals surface area contributed by atoms with Crippen LogP contribution in [0.5, 0.6) is 0 Å². The van der Waals surface area contributed by atoms with Crippen molar-refractivity contribution in [2.24, 2.45) is 4.99 Å². The number of hydrogen-bond acceptors (Lipinski definition) is 2. The van der Waals surface area contributed by atoms with Crippen LogP contribution >= 0.6 is 0 Å². The minimum atomic E-state index is -4.59. The first-order valence-corrected chi connectivity index (χ1v) is 9.43. The summed E-state index contributed by atoms with van der Waals surface area (Å²) in [5.41, 5.74) is -0.968. The Morgan fingerprint density at radius 2 is 1.96 bits per heavy atom. The lowest BCUT2D eigenvalue weighted by atomic mass is 10.1. The van der Waals surface area contributed by atoms with Gasteiger partial charge in [0.1, 0.15) is 5.82 Å². The average molecular weight is 386 g/mol. The van der Waals surface area contributed by atoms with E-state index in [4.69, 9.17) is 0 Å². The van der Waals surface area contributed by atoms with E-state index >= 15 is 0 Å². The van der Waals surface area contributed by atoms with Crippen molar-refractivity contribution in [1.29, 1.82) is 0 Å². The number of hydrogen-bond donors (Lipinski definition) is 2. The van der Waals surface area contributed by atoms with E-state index in [0.717, 1.165) is 31.6 Å². The van der Waals surface area contributed by atoms with Gasteiger partial charge < -0.3 is 10.6 Å². The summed E-state index contributed by atoms with van der Waals surface area (Å²) in [6, 6.07) is 3.63. The molecule has 0 bridgehead atoms. The molecule has 0 amide bonds. The molecule has 1 atom stereocenters. The average Bonchev–Trinajstić information content (AvgIpc) is 3.30. The summed E-state index contributed by atoms with van der Waals surface area (Å²) in [5.74, 6) is -0.433. The van der Waals surface area contributed by atoms with Gasteiger partial charge in [0.15, 0.2) is 5.96 Å². The van der Waals surface area contributed by atoms with Crippen molar-refractivity contribution in [2.75, 3.05) is 20.1 Å². The molecule has 1 aromatic rings. The molecule has 8 heteroatoms. The molecule has 150 valence electrons. The molecule has 0 radical (unpaired) electrons. The third kappa shape index (κ3) is 5.12. The molecule has 1 aliphatic heterocycles. The number of benzene rings is 1. The number of likely N-dealkylation sites (tertiary alicyclic amines) is 1. The summed E-state index contributed by atoms with van der Waals surface area (Å²) in [6.45, 7) is 1.89. The first-order chi connectivity index (χ1) is 12.9. The predicted molar refractivity (Wildman–Crippen MR) is 97.0 cm³/mol. The van der Waals surface area contributed by atoms with Crippen molar-refractivity contribution in [1.82, 2.24) is 15.5 Å². The van der Waals surface area contributed by atoms with Crippen LogP contribution in [0.1, 0.15) is 43.2 Å². The Morgan fingerprint density at radius 3 is 2.63 bits per heavy atom. The predicted octanol–water partition coefficient (Wildman–Crippen LogP) is 3.53. The number of halogens is 4. The Hall–Kier alpha value is -1.83. The van der Waals surface area contributed by atoms with Crippen LogP contribution in [0.25, 0.3) is 0 Å². The highest BCUT2D eigenvalue weighted by molar-refractivity contribution is 5.80. The van der Waals surface area contributed by atoms with Crippen LogP contribution in [0, 0.1) is 5.82 Å². The molecule has 1 unspecified atom stereocenters. The van der Waals surface area contributed by atoms with Gasteiger partial charge in [-0.15, -0.1) is 0 Å². The Labute approximate surface area is 157 Å². The van der Waals surface area contributed by atoms with Crippen LogP contribution in [0.2, 0.25) is 0 Å². The summed E-state index contributed by atoms with van der Waals surface area (Å²) >= 11 is 0. The van der Waals surface area contributed by atoms with E-state index in [1.54, 1.807) is 7.05 Å². The molecular weight excluding hydrogens is 360 g/mol. The lowest BCUT2D eigenvalue weighted by Gasteiger charge is -2.24. The van der Waals surface area contributed by atoms with Gasteiger partial charge in [-0.3, -0.25) is 9.89 Å². The maximum Gasteiger partial charge on any atom is 0.416 e. The van der Waals surface area contributed by atoms with E-state index in [9.17, 15) is 17.6 Å². The summed E-state index contributed by atoms with van der Waals surface area (Å²) in [4.78, 5) is 6.62. The van der Waals surface area contributed by atoms with Crippen molar-refractivity contribution in [3.05, 3.63) is 35.1 Å². The van der Waals surface area contributed by atoms with Gasteiger partial charge in [0.05, 0.1) is 5.56 Å². The van der Waals surface area contributed by atoms with E-state index in [-0.39, 0.29) is 18.2 Å². The zero-order valence-corrected chi connectivity index (χ0v) is 15.4. The highest BCUT2D eigenvalue weighted by Gasteiger charge is 2.34. The molecule has 1 aliphatic carbocycles. The van der Waals surface area contributed by atoms with Crippen LogP contribution in [0.4, 0.5) is 17.6 Å². The normalized spacial score (nSPS) is 22.4. The second-order valence-corrected chi connectivity index (χ2v) is 7.29. The van der Waals surface area contributed by atoms with Crippen molar-refractivity contribution in [3.8, 4) is 0 Å². The third-order valence-electron chi connectivity index (χ3n) is 5.45. The third-order valence-corrected chi connectivity index (χ3v) is 5.45. The van der Waals surface area contributed by atoms with Gasteiger partial charge in [0.2, 0.25) is 0 Å². The maximum absolute atomic E-state index is 13.2. The largest absolute Gasteiger partial charge is 0.416 e. The molecule has 0 aromatic heterocycles. The first kappa shape index (κ1) is 19.9. The number of nitrogens with zero attached hydrogens (tertiary/aromatic N) is 2. The monoisotopic (exact) mass is 386 g/mol. The molecule has 3 rings (SSSR count). The van der Waals surface area contributed by atoms with Crippen LogP contribution in [0.3, 0.4) is 0 Å². The molecule has 2 N–H and O–H groups in total. The highest BCUT2D eigenvalue weighted by atomic mass is 19.4. The molecule has 1 saturated carbocycles. The van der Waals surface area contributed by atoms with Gasteiger partial charge in [0.25, 0.3) is 0 Å². The summed E-state index contributed by atoms with van der Waals surface area (Å²) in [6.07, 6.45) is 1.49. The number of nitrogens with one attached hydrogen (secondary N) is 2. The molecule has 2 fully saturated rings. The Kier molecular flexibility index (Phi) is 6.24. The van der Waals surface area contributed by atoms with Gasteiger partial charge in [-0.25, -0.2) is 4.39 Å². The van der Waals surface area contributed by atoms with Crippen LogP contribution in [-0.4, -0.2) is 43.1 Å². The summed E-state index contributed by atoms with van der Waals surface area (Å²) < 4.78 is 52.5. The van der Waals surface area contributed by atoms with Crippen molar-refractivity contribution >= 4 is 5.96 Å². The zero-order valence-electron chi connectivity index (χ0n) is 15.4. The molecule has 1 aromatic carbocycles. The molecule has 4 nitrogen and oxygen atoms in total. The molecular formula is C19H26F4N4. The van der Waals surface area contributed by atoms with E-state index in [1.165, 1.54) is 25.7 Å². The number of guanidine groups is 1. The number of alkyl halides is 3. The SMILES string of the molecule is CN=C(NCc1ccc(F)cc1C(F)(F)F)NC1CCN(C2CCCC2)C1. The summed E-state index contributed by atoms with van der Waals surface area (Å²) in [5, 5.41) is 6.23. The van der Waals surface area contributed by atoms with Crippen molar-refractivity contribution < 1.29 is 17.6 Å². The minimum Gasteiger partial charge on any atom is -0.352 e. The van der Waals surface area contributed by atoms with Gasteiger partial charge in [-0.1, -0.05) is 18.9 Å². The topological polar surface area (TPSA) is 39.7 Å². The molecule has 1 saturated heterocycles. The van der Waals surface area contributed by atoms with Crippen molar-refractivity contribution in [3.63, 3.8) is 0 Å². The fourth-order valence-electron chi connectivity index (χ4n) is 4.04. The van der Waals surface area contributed by atoms with Crippen LogP contribution < -0.4 is 10.6 Å². The second kappa shape index (κ2) is 8.46. The fourth-order valence-corrected chi connectivity index (χ4v) is 4.04. The molecule has 1 heterocycles. The van der Waals surface area contributed by atoms with Crippen LogP contribution in [0.15, 0.2) is 23.2 Å². The van der Waals surface area contributed by atoms with Crippen molar-refractivity contribution in [2.45, 2.75) is 56.9 Å². The Bertz CT molecular complexity index is 668. The van der Waals surface area contributed by atoms with E-state index in [1.807, 2.05) is 0 Å². The van der Waals surface area contributed by atoms with Gasteiger partial charge >= 0.3 is 6.18 Å². The fraction of sp³-hybridized carbons (Fsp3) is 0.632. The maximum atomic E-state index is 13.2. The zero-order chi connectivity index (χ0) is 19.4. The van der Waals surface area contributed by atoms with Crippen LogP contribution in [-0.2, 0) is 12.7 Å². The number of aliphatic imine (C=N–C) groups is 1. The molecule has 0 spiro atoms. The Morgan fingerprint density at radius 1 is 1.22 bits per heavy atom. The van der Waals surface area contributed by atoms with E-state index < -0.39 is 17.6 Å².